The summed E-state index contributed by atoms with van der Waals surface area (Å²) in [5, 5.41) is 14.0. The van der Waals surface area contributed by atoms with Gasteiger partial charge in [0.25, 0.3) is 0 Å². The number of hydrogen-bond acceptors (Lipinski definition) is 8. The number of ether oxygens (including phenoxy) is 1. The average Bonchev–Trinajstić information content (AvgIpc) is 3.66. The van der Waals surface area contributed by atoms with Gasteiger partial charge in [-0.3, -0.25) is 4.79 Å². The molecule has 12 heteroatoms. The Labute approximate surface area is 232 Å². The fourth-order valence-corrected chi connectivity index (χ4v) is 6.21. The molecule has 1 saturated heterocycles. The second-order valence-corrected chi connectivity index (χ2v) is 12.7. The monoisotopic (exact) mass is 568 g/mol. The highest BCUT2D eigenvalue weighted by atomic mass is 35.5. The molecule has 0 bridgehead atoms. The SMILES string of the molecule is CC1(COc2c(N3CCN(S(=O)(=O)Cc4cc(C#N)ccc4N)CC3)cnn(-c3cccc(Cl)c3)c2=O)CC1. The van der Waals surface area contributed by atoms with Gasteiger partial charge in [-0.2, -0.15) is 19.3 Å². The fourth-order valence-electron chi connectivity index (χ4n) is 4.48. The first-order chi connectivity index (χ1) is 18.6. The van der Waals surface area contributed by atoms with Crippen LogP contribution >= 0.6 is 11.6 Å². The average molecular weight is 569 g/mol. The largest absolute Gasteiger partial charge is 0.486 e. The first-order valence-corrected chi connectivity index (χ1v) is 14.6. The lowest BCUT2D eigenvalue weighted by Gasteiger charge is -2.35. The number of nitriles is 1. The second-order valence-electron chi connectivity index (χ2n) is 10.3. The molecular formula is C27H29ClN6O4S. The third-order valence-corrected chi connectivity index (χ3v) is 9.28. The smallest absolute Gasteiger partial charge is 0.316 e. The summed E-state index contributed by atoms with van der Waals surface area (Å²) in [5.74, 6) is -0.103. The zero-order valence-corrected chi connectivity index (χ0v) is 23.1. The van der Waals surface area contributed by atoms with Crippen molar-refractivity contribution < 1.29 is 13.2 Å². The van der Waals surface area contributed by atoms with E-state index >= 15 is 0 Å². The predicted octanol–water partition coefficient (Wildman–Crippen LogP) is 3.17. The van der Waals surface area contributed by atoms with Crippen LogP contribution in [0, 0.1) is 16.7 Å². The van der Waals surface area contributed by atoms with Crippen LogP contribution in [0.5, 0.6) is 5.75 Å². The maximum absolute atomic E-state index is 13.6. The molecule has 3 aromatic rings. The van der Waals surface area contributed by atoms with Crippen LogP contribution in [-0.4, -0.2) is 55.3 Å². The quantitative estimate of drug-likeness (QED) is 0.409. The molecule has 2 aromatic carbocycles. The van der Waals surface area contributed by atoms with Gasteiger partial charge in [0.1, 0.15) is 5.69 Å². The Morgan fingerprint density at radius 2 is 1.90 bits per heavy atom. The number of hydrogen-bond donors (Lipinski definition) is 1. The molecule has 0 radical (unpaired) electrons. The van der Waals surface area contributed by atoms with Crippen LogP contribution < -0.4 is 20.9 Å². The molecule has 0 spiro atoms. The molecule has 1 aliphatic carbocycles. The van der Waals surface area contributed by atoms with Crippen LogP contribution in [0.2, 0.25) is 5.02 Å². The Balaban J connectivity index is 1.37. The number of nitrogens with zero attached hydrogens (tertiary/aromatic N) is 5. The van der Waals surface area contributed by atoms with Crippen molar-refractivity contribution in [3.8, 4) is 17.5 Å². The first kappa shape index (κ1) is 27.0. The Hall–Kier alpha value is -3.59. The van der Waals surface area contributed by atoms with Crippen LogP contribution in [0.25, 0.3) is 5.69 Å². The van der Waals surface area contributed by atoms with Crippen LogP contribution in [-0.2, 0) is 15.8 Å². The van der Waals surface area contributed by atoms with Gasteiger partial charge in [0.2, 0.25) is 15.8 Å². The first-order valence-electron chi connectivity index (χ1n) is 12.6. The lowest BCUT2D eigenvalue weighted by Crippen LogP contribution is -2.49. The summed E-state index contributed by atoms with van der Waals surface area (Å²) in [6.45, 7) is 3.66. The molecule has 2 heterocycles. The van der Waals surface area contributed by atoms with Gasteiger partial charge in [-0.1, -0.05) is 24.6 Å². The Kier molecular flexibility index (Phi) is 7.29. The van der Waals surface area contributed by atoms with E-state index in [0.717, 1.165) is 12.8 Å². The highest BCUT2D eigenvalue weighted by Gasteiger charge is 2.39. The number of benzene rings is 2. The van der Waals surface area contributed by atoms with Gasteiger partial charge >= 0.3 is 5.56 Å². The maximum Gasteiger partial charge on any atom is 0.316 e. The Morgan fingerprint density at radius 3 is 2.56 bits per heavy atom. The molecule has 1 saturated carbocycles. The van der Waals surface area contributed by atoms with Crippen molar-refractivity contribution in [2.24, 2.45) is 5.41 Å². The number of piperazine rings is 1. The number of nitrogens with two attached hydrogens (primary N) is 1. The van der Waals surface area contributed by atoms with Gasteiger partial charge in [-0.15, -0.1) is 0 Å². The molecule has 39 heavy (non-hydrogen) atoms. The number of aromatic nitrogens is 2. The molecule has 2 N–H and O–H groups in total. The number of sulfonamides is 1. The third-order valence-electron chi connectivity index (χ3n) is 7.22. The Bertz CT molecular complexity index is 1610. The lowest BCUT2D eigenvalue weighted by molar-refractivity contribution is 0.242. The van der Waals surface area contributed by atoms with Gasteiger partial charge in [-0.05, 0) is 54.8 Å². The number of rotatable bonds is 8. The van der Waals surface area contributed by atoms with Gasteiger partial charge in [-0.25, -0.2) is 8.42 Å². The molecule has 0 atom stereocenters. The molecule has 2 fully saturated rings. The van der Waals surface area contributed by atoms with E-state index in [4.69, 9.17) is 27.3 Å². The molecule has 0 amide bonds. The molecular weight excluding hydrogens is 540 g/mol. The normalized spacial score (nSPS) is 17.0. The van der Waals surface area contributed by atoms with Crippen molar-refractivity contribution in [1.82, 2.24) is 14.1 Å². The third kappa shape index (κ3) is 5.88. The predicted molar refractivity (Wildman–Crippen MR) is 150 cm³/mol. The topological polar surface area (TPSA) is 135 Å². The molecule has 204 valence electrons. The van der Waals surface area contributed by atoms with Gasteiger partial charge < -0.3 is 15.4 Å². The summed E-state index contributed by atoms with van der Waals surface area (Å²) in [6, 6.07) is 13.5. The minimum atomic E-state index is -3.68. The zero-order chi connectivity index (χ0) is 27.8. The summed E-state index contributed by atoms with van der Waals surface area (Å²) in [6.07, 6.45) is 3.66. The minimum absolute atomic E-state index is 0.0470. The van der Waals surface area contributed by atoms with Crippen molar-refractivity contribution in [3.63, 3.8) is 0 Å². The molecule has 1 aromatic heterocycles. The van der Waals surface area contributed by atoms with E-state index in [-0.39, 0.29) is 30.0 Å². The summed E-state index contributed by atoms with van der Waals surface area (Å²) in [4.78, 5) is 15.5. The summed E-state index contributed by atoms with van der Waals surface area (Å²) in [5.41, 5.74) is 7.76. The maximum atomic E-state index is 13.6. The van der Waals surface area contributed by atoms with E-state index < -0.39 is 15.6 Å². The summed E-state index contributed by atoms with van der Waals surface area (Å²) in [7, 11) is -3.68. The highest BCUT2D eigenvalue weighted by molar-refractivity contribution is 7.88. The van der Waals surface area contributed by atoms with Crippen molar-refractivity contribution in [1.29, 1.82) is 5.26 Å². The molecule has 10 nitrogen and oxygen atoms in total. The van der Waals surface area contributed by atoms with Gasteiger partial charge in [0.15, 0.2) is 0 Å². The standard InChI is InChI=1S/C27H29ClN6O4S/c1-27(7-8-27)18-38-25-24(16-31-34(26(25)35)22-4-2-3-21(28)14-22)32-9-11-33(12-10-32)39(36,37)17-20-13-19(15-29)5-6-23(20)30/h2-6,13-14,16H,7-12,17-18,30H2,1H3. The van der Waals surface area contributed by atoms with E-state index in [1.165, 1.54) is 15.1 Å². The Morgan fingerprint density at radius 1 is 1.15 bits per heavy atom. The van der Waals surface area contributed by atoms with Crippen molar-refractivity contribution in [2.75, 3.05) is 43.4 Å². The summed E-state index contributed by atoms with van der Waals surface area (Å²) < 4.78 is 35.2. The van der Waals surface area contributed by atoms with Crippen molar-refractivity contribution >= 4 is 33.0 Å². The molecule has 1 aliphatic heterocycles. The van der Waals surface area contributed by atoms with E-state index in [2.05, 4.69) is 12.0 Å². The van der Waals surface area contributed by atoms with Crippen LogP contribution in [0.15, 0.2) is 53.5 Å². The molecule has 0 unspecified atom stereocenters. The number of anilines is 2. The lowest BCUT2D eigenvalue weighted by atomic mass is 10.1. The van der Waals surface area contributed by atoms with Crippen molar-refractivity contribution in [2.45, 2.75) is 25.5 Å². The number of nitrogen functional groups attached to an aromatic ring is 1. The van der Waals surface area contributed by atoms with Crippen LogP contribution in [0.3, 0.4) is 0 Å². The summed E-state index contributed by atoms with van der Waals surface area (Å²) >= 11 is 6.14. The molecule has 2 aliphatic rings. The molecule has 5 rings (SSSR count). The minimum Gasteiger partial charge on any atom is -0.486 e. The highest BCUT2D eigenvalue weighted by Crippen LogP contribution is 2.45. The van der Waals surface area contributed by atoms with Gasteiger partial charge in [0, 0.05) is 42.3 Å². The van der Waals surface area contributed by atoms with E-state index in [1.807, 2.05) is 11.0 Å². The van der Waals surface area contributed by atoms with E-state index in [1.54, 1.807) is 42.6 Å². The van der Waals surface area contributed by atoms with Gasteiger partial charge in [0.05, 0.1) is 35.9 Å². The van der Waals surface area contributed by atoms with Crippen molar-refractivity contribution in [3.05, 3.63) is 75.2 Å². The van der Waals surface area contributed by atoms with E-state index in [0.29, 0.717) is 52.9 Å². The zero-order valence-electron chi connectivity index (χ0n) is 21.5. The second kappa shape index (κ2) is 10.5. The fraction of sp³-hybridized carbons (Fsp3) is 0.370. The van der Waals surface area contributed by atoms with Crippen LogP contribution in [0.1, 0.15) is 30.9 Å². The number of halogens is 1. The van der Waals surface area contributed by atoms with Crippen LogP contribution in [0.4, 0.5) is 11.4 Å². The van der Waals surface area contributed by atoms with E-state index in [9.17, 15) is 13.2 Å².